The molecule has 0 aliphatic carbocycles. The number of nitrogens with two attached hydrogens (primary N) is 1. The van der Waals surface area contributed by atoms with Gasteiger partial charge in [0.1, 0.15) is 5.75 Å². The first-order valence-electron chi connectivity index (χ1n) is 3.11. The van der Waals surface area contributed by atoms with Crippen LogP contribution in [0.25, 0.3) is 0 Å². The molecule has 4 heteroatoms. The number of hydrogen-bond donors (Lipinski definition) is 3. The molecule has 0 atom stereocenters. The molecule has 0 saturated carbocycles. The van der Waals surface area contributed by atoms with Gasteiger partial charge in [-0.15, -0.1) is 0 Å². The van der Waals surface area contributed by atoms with Crippen LogP contribution in [0.1, 0.15) is 0 Å². The highest BCUT2D eigenvalue weighted by atomic mass is 16.5. The number of anilines is 2. The van der Waals surface area contributed by atoms with Crippen LogP contribution in [0.15, 0.2) is 18.2 Å². The van der Waals surface area contributed by atoms with Crippen molar-refractivity contribution in [3.63, 3.8) is 0 Å². The fourth-order valence-electron chi connectivity index (χ4n) is 0.781. The number of methoxy groups -OCH3 is 1. The van der Waals surface area contributed by atoms with E-state index in [1.165, 1.54) is 7.11 Å². The molecular weight excluding hydrogens is 144 g/mol. The van der Waals surface area contributed by atoms with E-state index in [4.69, 9.17) is 15.7 Å². The Balaban J connectivity index is 3.02. The summed E-state index contributed by atoms with van der Waals surface area (Å²) < 4.78 is 4.91. The summed E-state index contributed by atoms with van der Waals surface area (Å²) in [6.45, 7) is 0. The van der Waals surface area contributed by atoms with Crippen LogP contribution in [0.5, 0.6) is 5.75 Å². The Morgan fingerprint density at radius 1 is 1.55 bits per heavy atom. The molecule has 4 nitrogen and oxygen atoms in total. The van der Waals surface area contributed by atoms with E-state index >= 15 is 0 Å². The summed E-state index contributed by atoms with van der Waals surface area (Å²) in [6, 6.07) is 4.91. The molecular formula is C7H10N2O2. The Hall–Kier alpha value is -1.42. The van der Waals surface area contributed by atoms with Crippen LogP contribution < -0.4 is 16.0 Å². The number of ether oxygens (including phenoxy) is 1. The van der Waals surface area contributed by atoms with E-state index in [0.717, 1.165) is 0 Å². The van der Waals surface area contributed by atoms with Gasteiger partial charge >= 0.3 is 0 Å². The zero-order chi connectivity index (χ0) is 8.27. The first kappa shape index (κ1) is 7.68. The Bertz CT molecular complexity index is 250. The molecule has 0 fully saturated rings. The third-order valence-electron chi connectivity index (χ3n) is 1.36. The first-order chi connectivity index (χ1) is 5.27. The lowest BCUT2D eigenvalue weighted by Crippen LogP contribution is -1.94. The van der Waals surface area contributed by atoms with Gasteiger partial charge in [-0.3, -0.25) is 10.7 Å². The number of rotatable bonds is 2. The van der Waals surface area contributed by atoms with Crippen molar-refractivity contribution in [1.29, 1.82) is 0 Å². The maximum Gasteiger partial charge on any atom is 0.143 e. The minimum absolute atomic E-state index is 0.545. The molecule has 0 bridgehead atoms. The van der Waals surface area contributed by atoms with Crippen LogP contribution in [-0.4, -0.2) is 12.3 Å². The fraction of sp³-hybridized carbons (Fsp3) is 0.143. The van der Waals surface area contributed by atoms with Gasteiger partial charge in [0, 0.05) is 6.07 Å². The van der Waals surface area contributed by atoms with Crippen LogP contribution in [0.4, 0.5) is 11.4 Å². The van der Waals surface area contributed by atoms with Crippen molar-refractivity contribution < 1.29 is 9.94 Å². The lowest BCUT2D eigenvalue weighted by molar-refractivity contribution is 0.386. The largest absolute Gasteiger partial charge is 0.495 e. The highest BCUT2D eigenvalue weighted by molar-refractivity contribution is 5.60. The summed E-state index contributed by atoms with van der Waals surface area (Å²) in [5.41, 5.74) is 8.61. The summed E-state index contributed by atoms with van der Waals surface area (Å²) in [7, 11) is 1.52. The molecule has 1 rings (SSSR count). The van der Waals surface area contributed by atoms with Crippen molar-refractivity contribution in [3.05, 3.63) is 18.2 Å². The predicted molar refractivity (Wildman–Crippen MR) is 42.8 cm³/mol. The van der Waals surface area contributed by atoms with Crippen LogP contribution in [-0.2, 0) is 0 Å². The van der Waals surface area contributed by atoms with E-state index in [0.29, 0.717) is 17.1 Å². The SMILES string of the molecule is COc1cc(NO)ccc1N. The second kappa shape index (κ2) is 3.12. The van der Waals surface area contributed by atoms with Crippen molar-refractivity contribution in [2.24, 2.45) is 0 Å². The minimum Gasteiger partial charge on any atom is -0.495 e. The Morgan fingerprint density at radius 2 is 2.27 bits per heavy atom. The summed E-state index contributed by atoms with van der Waals surface area (Å²) >= 11 is 0. The summed E-state index contributed by atoms with van der Waals surface area (Å²) in [5.74, 6) is 0.545. The molecule has 1 aromatic carbocycles. The highest BCUT2D eigenvalue weighted by Gasteiger charge is 1.98. The molecule has 0 spiro atoms. The smallest absolute Gasteiger partial charge is 0.143 e. The van der Waals surface area contributed by atoms with Crippen molar-refractivity contribution in [2.75, 3.05) is 18.3 Å². The second-order valence-corrected chi connectivity index (χ2v) is 2.07. The fourth-order valence-corrected chi connectivity index (χ4v) is 0.781. The number of nitrogen functional groups attached to an aromatic ring is 1. The molecule has 0 heterocycles. The lowest BCUT2D eigenvalue weighted by atomic mass is 10.2. The van der Waals surface area contributed by atoms with Gasteiger partial charge in [0.25, 0.3) is 0 Å². The van der Waals surface area contributed by atoms with Crippen LogP contribution >= 0.6 is 0 Å². The zero-order valence-electron chi connectivity index (χ0n) is 6.16. The summed E-state index contributed by atoms with van der Waals surface area (Å²) in [5, 5.41) is 8.50. The zero-order valence-corrected chi connectivity index (χ0v) is 6.16. The normalized spacial score (nSPS) is 9.27. The van der Waals surface area contributed by atoms with E-state index in [-0.39, 0.29) is 0 Å². The maximum absolute atomic E-state index is 8.50. The first-order valence-corrected chi connectivity index (χ1v) is 3.11. The summed E-state index contributed by atoms with van der Waals surface area (Å²) in [6.07, 6.45) is 0. The molecule has 0 saturated heterocycles. The minimum atomic E-state index is 0.545. The Kier molecular flexibility index (Phi) is 2.18. The Labute approximate surface area is 64.5 Å². The van der Waals surface area contributed by atoms with Crippen molar-refractivity contribution in [3.8, 4) is 5.75 Å². The van der Waals surface area contributed by atoms with Gasteiger partial charge in [-0.25, -0.2) is 0 Å². The second-order valence-electron chi connectivity index (χ2n) is 2.07. The van der Waals surface area contributed by atoms with E-state index in [1.54, 1.807) is 18.2 Å². The van der Waals surface area contributed by atoms with Crippen molar-refractivity contribution in [1.82, 2.24) is 0 Å². The topological polar surface area (TPSA) is 67.5 Å². The molecule has 0 unspecified atom stereocenters. The van der Waals surface area contributed by atoms with E-state index in [1.807, 2.05) is 5.48 Å². The maximum atomic E-state index is 8.50. The lowest BCUT2D eigenvalue weighted by Gasteiger charge is -2.05. The van der Waals surface area contributed by atoms with E-state index in [2.05, 4.69) is 0 Å². The van der Waals surface area contributed by atoms with E-state index in [9.17, 15) is 0 Å². The molecule has 0 aliphatic rings. The quantitative estimate of drug-likeness (QED) is 0.440. The van der Waals surface area contributed by atoms with Gasteiger partial charge in [-0.1, -0.05) is 0 Å². The van der Waals surface area contributed by atoms with Gasteiger partial charge in [0.05, 0.1) is 18.5 Å². The molecule has 11 heavy (non-hydrogen) atoms. The molecule has 60 valence electrons. The molecule has 1 aromatic rings. The van der Waals surface area contributed by atoms with Gasteiger partial charge in [-0.05, 0) is 12.1 Å². The van der Waals surface area contributed by atoms with Gasteiger partial charge in [-0.2, -0.15) is 0 Å². The van der Waals surface area contributed by atoms with Gasteiger partial charge in [0.15, 0.2) is 0 Å². The van der Waals surface area contributed by atoms with Crippen LogP contribution in [0, 0.1) is 0 Å². The van der Waals surface area contributed by atoms with Crippen molar-refractivity contribution in [2.45, 2.75) is 0 Å². The molecule has 0 amide bonds. The molecule has 0 aromatic heterocycles. The summed E-state index contributed by atoms with van der Waals surface area (Å²) in [4.78, 5) is 0. The van der Waals surface area contributed by atoms with Gasteiger partial charge < -0.3 is 10.5 Å². The monoisotopic (exact) mass is 154 g/mol. The predicted octanol–water partition coefficient (Wildman–Crippen LogP) is 1.08. The van der Waals surface area contributed by atoms with E-state index < -0.39 is 0 Å². The van der Waals surface area contributed by atoms with Gasteiger partial charge in [0.2, 0.25) is 0 Å². The number of nitrogens with one attached hydrogen (secondary N) is 1. The third-order valence-corrected chi connectivity index (χ3v) is 1.36. The molecule has 0 aliphatic heterocycles. The standard InChI is InChI=1S/C7H10N2O2/c1-11-7-4-5(9-10)2-3-6(7)8/h2-4,9-10H,8H2,1H3. The highest BCUT2D eigenvalue weighted by Crippen LogP contribution is 2.24. The average Bonchev–Trinajstić information content (AvgIpc) is 2.05. The van der Waals surface area contributed by atoms with Crippen LogP contribution in [0.3, 0.4) is 0 Å². The number of hydrogen-bond acceptors (Lipinski definition) is 4. The van der Waals surface area contributed by atoms with Crippen molar-refractivity contribution >= 4 is 11.4 Å². The van der Waals surface area contributed by atoms with Crippen LogP contribution in [0.2, 0.25) is 0 Å². The average molecular weight is 154 g/mol. The molecule has 4 N–H and O–H groups in total. The number of benzene rings is 1. The Morgan fingerprint density at radius 3 is 2.82 bits per heavy atom. The third kappa shape index (κ3) is 1.53. The molecule has 0 radical (unpaired) electrons.